The summed E-state index contributed by atoms with van der Waals surface area (Å²) in [5.41, 5.74) is 1.65. The molecule has 1 amide bonds. The van der Waals surface area contributed by atoms with E-state index in [4.69, 9.17) is 4.98 Å². The molecule has 0 aliphatic heterocycles. The van der Waals surface area contributed by atoms with Gasteiger partial charge >= 0.3 is 0 Å². The number of thiazole rings is 1. The first kappa shape index (κ1) is 18.9. The molecule has 3 aromatic rings. The van der Waals surface area contributed by atoms with E-state index < -0.39 is 0 Å². The van der Waals surface area contributed by atoms with Gasteiger partial charge in [-0.15, -0.1) is 11.8 Å². The molecule has 0 unspecified atom stereocenters. The number of carbonyl (C=O) groups is 1. The number of nitrogens with zero attached hydrogens (tertiary/aromatic N) is 3. The first-order valence-electron chi connectivity index (χ1n) is 8.54. The second kappa shape index (κ2) is 8.66. The molecule has 0 saturated carbocycles. The third-order valence-corrected chi connectivity index (χ3v) is 5.85. The third kappa shape index (κ3) is 4.44. The fraction of sp³-hybridized carbons (Fsp3) is 0.300. The molecule has 0 bridgehead atoms. The van der Waals surface area contributed by atoms with E-state index in [0.717, 1.165) is 33.2 Å². The van der Waals surface area contributed by atoms with Crippen LogP contribution in [0.5, 0.6) is 0 Å². The second-order valence-electron chi connectivity index (χ2n) is 6.31. The highest BCUT2D eigenvalue weighted by atomic mass is 32.2. The largest absolute Gasteiger partial charge is 0.309 e. The van der Waals surface area contributed by atoms with Crippen LogP contribution in [0.1, 0.15) is 16.8 Å². The number of carbonyl (C=O) groups excluding carboxylic acids is 1. The number of para-hydroxylation sites is 1. The molecule has 1 heterocycles. The number of aromatic nitrogens is 1. The lowest BCUT2D eigenvalue weighted by Crippen LogP contribution is -2.33. The number of hydrogen-bond acceptors (Lipinski definition) is 5. The average Bonchev–Trinajstić information content (AvgIpc) is 3.08. The summed E-state index contributed by atoms with van der Waals surface area (Å²) in [7, 11) is 4.09. The normalized spacial score (nSPS) is 11.2. The molecule has 0 saturated heterocycles. The lowest BCUT2D eigenvalue weighted by molar-refractivity contribution is 0.0986. The van der Waals surface area contributed by atoms with Crippen LogP contribution in [0.3, 0.4) is 0 Å². The van der Waals surface area contributed by atoms with E-state index in [1.54, 1.807) is 23.1 Å². The zero-order valence-electron chi connectivity index (χ0n) is 15.3. The number of fused-ring (bicyclic) bond motifs is 1. The summed E-state index contributed by atoms with van der Waals surface area (Å²) >= 11 is 3.22. The van der Waals surface area contributed by atoms with Crippen molar-refractivity contribution >= 4 is 44.4 Å². The Morgan fingerprint density at radius 3 is 2.65 bits per heavy atom. The first-order chi connectivity index (χ1) is 12.6. The summed E-state index contributed by atoms with van der Waals surface area (Å²) in [6.45, 7) is 1.58. The summed E-state index contributed by atoms with van der Waals surface area (Å²) < 4.78 is 1.10. The van der Waals surface area contributed by atoms with E-state index in [1.165, 1.54) is 0 Å². The van der Waals surface area contributed by atoms with Gasteiger partial charge in [0.05, 0.1) is 10.2 Å². The third-order valence-electron chi connectivity index (χ3n) is 4.06. The molecule has 2 aromatic carbocycles. The molecule has 3 rings (SSSR count). The molecule has 4 nitrogen and oxygen atoms in total. The molecule has 6 heteroatoms. The van der Waals surface area contributed by atoms with Crippen molar-refractivity contribution in [2.24, 2.45) is 0 Å². The molecule has 0 aliphatic rings. The van der Waals surface area contributed by atoms with Crippen LogP contribution in [-0.2, 0) is 0 Å². The van der Waals surface area contributed by atoms with Crippen LogP contribution in [0.2, 0.25) is 0 Å². The monoisotopic (exact) mass is 385 g/mol. The Kier molecular flexibility index (Phi) is 6.29. The molecule has 0 radical (unpaired) electrons. The van der Waals surface area contributed by atoms with Crippen molar-refractivity contribution in [2.45, 2.75) is 11.3 Å². The zero-order chi connectivity index (χ0) is 18.5. The van der Waals surface area contributed by atoms with E-state index >= 15 is 0 Å². The van der Waals surface area contributed by atoms with E-state index in [2.05, 4.69) is 4.90 Å². The second-order valence-corrected chi connectivity index (χ2v) is 8.20. The SMILES string of the molecule is CSc1cccc(C(=O)N(CCCN(C)C)c2nc3ccccc3s2)c1. The number of anilines is 1. The number of hydrogen-bond donors (Lipinski definition) is 0. The molecule has 26 heavy (non-hydrogen) atoms. The fourth-order valence-electron chi connectivity index (χ4n) is 2.72. The van der Waals surface area contributed by atoms with E-state index in [0.29, 0.717) is 12.1 Å². The van der Waals surface area contributed by atoms with Gasteiger partial charge in [-0.05, 0) is 63.6 Å². The number of thioether (sulfide) groups is 1. The standard InChI is InChI=1S/C20H23N3OS2/c1-22(2)12-7-13-23(19(24)15-8-6-9-16(14-15)25-3)20-21-17-10-4-5-11-18(17)26-20/h4-6,8-11,14H,7,12-13H2,1-3H3. The highest BCUT2D eigenvalue weighted by Crippen LogP contribution is 2.30. The van der Waals surface area contributed by atoms with Gasteiger partial charge in [0.1, 0.15) is 0 Å². The van der Waals surface area contributed by atoms with Gasteiger partial charge < -0.3 is 4.90 Å². The van der Waals surface area contributed by atoms with Crippen LogP contribution in [0.4, 0.5) is 5.13 Å². The highest BCUT2D eigenvalue weighted by molar-refractivity contribution is 7.98. The number of amides is 1. The van der Waals surface area contributed by atoms with Gasteiger partial charge in [0.15, 0.2) is 5.13 Å². The summed E-state index contributed by atoms with van der Waals surface area (Å²) in [4.78, 5) is 23.0. The van der Waals surface area contributed by atoms with Crippen molar-refractivity contribution < 1.29 is 4.79 Å². The van der Waals surface area contributed by atoms with Crippen molar-refractivity contribution in [3.8, 4) is 0 Å². The van der Waals surface area contributed by atoms with Gasteiger partial charge in [-0.3, -0.25) is 9.69 Å². The minimum absolute atomic E-state index is 0.0127. The van der Waals surface area contributed by atoms with Gasteiger partial charge in [0, 0.05) is 17.0 Å². The molecular weight excluding hydrogens is 362 g/mol. The van der Waals surface area contributed by atoms with E-state index in [9.17, 15) is 4.79 Å². The minimum Gasteiger partial charge on any atom is -0.309 e. The van der Waals surface area contributed by atoms with Gasteiger partial charge in [0.2, 0.25) is 0 Å². The van der Waals surface area contributed by atoms with Crippen LogP contribution < -0.4 is 4.90 Å². The lowest BCUT2D eigenvalue weighted by Gasteiger charge is -2.21. The van der Waals surface area contributed by atoms with Crippen LogP contribution >= 0.6 is 23.1 Å². The van der Waals surface area contributed by atoms with Crippen molar-refractivity contribution in [3.63, 3.8) is 0 Å². The maximum Gasteiger partial charge on any atom is 0.260 e. The van der Waals surface area contributed by atoms with E-state index in [1.807, 2.05) is 73.8 Å². The van der Waals surface area contributed by atoms with Gasteiger partial charge in [-0.1, -0.05) is 29.5 Å². The zero-order valence-corrected chi connectivity index (χ0v) is 16.9. The Balaban J connectivity index is 1.92. The van der Waals surface area contributed by atoms with Crippen LogP contribution in [-0.4, -0.2) is 49.2 Å². The molecule has 136 valence electrons. The topological polar surface area (TPSA) is 36.4 Å². The number of benzene rings is 2. The van der Waals surface area contributed by atoms with Crippen molar-refractivity contribution in [2.75, 3.05) is 38.3 Å². The maximum absolute atomic E-state index is 13.2. The first-order valence-corrected chi connectivity index (χ1v) is 10.6. The Hall–Kier alpha value is -1.89. The summed E-state index contributed by atoms with van der Waals surface area (Å²) in [5.74, 6) is 0.0127. The predicted molar refractivity (Wildman–Crippen MR) is 113 cm³/mol. The maximum atomic E-state index is 13.2. The number of rotatable bonds is 7. The summed E-state index contributed by atoms with van der Waals surface area (Å²) in [6.07, 6.45) is 2.92. The van der Waals surface area contributed by atoms with Crippen LogP contribution in [0.25, 0.3) is 10.2 Å². The average molecular weight is 386 g/mol. The van der Waals surface area contributed by atoms with Crippen LogP contribution in [0.15, 0.2) is 53.4 Å². The Morgan fingerprint density at radius 1 is 1.12 bits per heavy atom. The van der Waals surface area contributed by atoms with Crippen LogP contribution in [0, 0.1) is 0 Å². The summed E-state index contributed by atoms with van der Waals surface area (Å²) in [5, 5.41) is 0.768. The van der Waals surface area contributed by atoms with Crippen molar-refractivity contribution in [3.05, 3.63) is 54.1 Å². The van der Waals surface area contributed by atoms with Gasteiger partial charge in [-0.2, -0.15) is 0 Å². The minimum atomic E-state index is 0.0127. The Morgan fingerprint density at radius 2 is 1.92 bits per heavy atom. The molecule has 0 atom stereocenters. The smallest absolute Gasteiger partial charge is 0.260 e. The van der Waals surface area contributed by atoms with E-state index in [-0.39, 0.29) is 5.91 Å². The Bertz CT molecular complexity index is 858. The van der Waals surface area contributed by atoms with Crippen molar-refractivity contribution in [1.82, 2.24) is 9.88 Å². The highest BCUT2D eigenvalue weighted by Gasteiger charge is 2.21. The lowest BCUT2D eigenvalue weighted by atomic mass is 10.2. The Labute approximate surface area is 162 Å². The quantitative estimate of drug-likeness (QED) is 0.556. The predicted octanol–water partition coefficient (Wildman–Crippen LogP) is 4.62. The van der Waals surface area contributed by atoms with Gasteiger partial charge in [-0.25, -0.2) is 4.98 Å². The molecular formula is C20H23N3OS2. The molecule has 0 fully saturated rings. The molecule has 0 spiro atoms. The molecule has 0 N–H and O–H groups in total. The molecule has 0 aliphatic carbocycles. The van der Waals surface area contributed by atoms with Gasteiger partial charge in [0.25, 0.3) is 5.91 Å². The molecule has 1 aromatic heterocycles. The van der Waals surface area contributed by atoms with Crippen molar-refractivity contribution in [1.29, 1.82) is 0 Å². The summed E-state index contributed by atoms with van der Waals surface area (Å²) in [6, 6.07) is 15.8. The fourth-order valence-corrected chi connectivity index (χ4v) is 4.17.